The number of hydrogen-bond acceptors (Lipinski definition) is 1. The van der Waals surface area contributed by atoms with E-state index in [1.807, 2.05) is 0 Å². The minimum atomic E-state index is -4.53. The van der Waals surface area contributed by atoms with Crippen LogP contribution in [0.25, 0.3) is 0 Å². The summed E-state index contributed by atoms with van der Waals surface area (Å²) in [5, 5.41) is -0.245. The van der Waals surface area contributed by atoms with Crippen molar-refractivity contribution in [2.75, 3.05) is 5.12 Å². The van der Waals surface area contributed by atoms with E-state index in [0.717, 1.165) is 12.1 Å². The van der Waals surface area contributed by atoms with Gasteiger partial charge >= 0.3 is 6.18 Å². The molecule has 0 bridgehead atoms. The van der Waals surface area contributed by atoms with Gasteiger partial charge in [-0.1, -0.05) is 10.5 Å². The van der Waals surface area contributed by atoms with Gasteiger partial charge in [0.25, 0.3) is 5.91 Å². The minimum absolute atomic E-state index is 0.191. The summed E-state index contributed by atoms with van der Waals surface area (Å²) in [5.41, 5.74) is -0.996. The van der Waals surface area contributed by atoms with E-state index in [-0.39, 0.29) is 22.8 Å². The molecule has 1 amide bonds. The van der Waals surface area contributed by atoms with Crippen LogP contribution < -0.4 is 5.12 Å². The molecule has 1 aliphatic rings. The molecule has 15 heavy (non-hydrogen) atoms. The Kier molecular flexibility index (Phi) is 1.95. The number of rotatable bonds is 0. The van der Waals surface area contributed by atoms with Crippen LogP contribution in [0, 0.1) is 0 Å². The van der Waals surface area contributed by atoms with Gasteiger partial charge < -0.3 is 0 Å². The molecule has 0 radical (unpaired) electrons. The van der Waals surface area contributed by atoms with E-state index in [9.17, 15) is 22.4 Å². The van der Waals surface area contributed by atoms with Crippen molar-refractivity contribution in [2.24, 2.45) is 0 Å². The lowest BCUT2D eigenvalue weighted by Gasteiger charge is -2.09. The molecule has 0 N–H and O–H groups in total. The molecule has 2 nitrogen and oxygen atoms in total. The van der Waals surface area contributed by atoms with Crippen molar-refractivity contribution in [3.05, 3.63) is 29.3 Å². The Bertz CT molecular complexity index is 427. The van der Waals surface area contributed by atoms with E-state index < -0.39 is 17.6 Å². The van der Waals surface area contributed by atoms with Crippen LogP contribution in [0.15, 0.2) is 18.2 Å². The van der Waals surface area contributed by atoms with Crippen LogP contribution in [-0.2, 0) is 17.4 Å². The van der Waals surface area contributed by atoms with Gasteiger partial charge in [0.15, 0.2) is 0 Å². The third-order valence-corrected chi connectivity index (χ3v) is 2.18. The number of carbonyl (C=O) groups is 1. The van der Waals surface area contributed by atoms with Crippen molar-refractivity contribution in [1.29, 1.82) is 0 Å². The molecule has 0 unspecified atom stereocenters. The first-order valence-electron chi connectivity index (χ1n) is 4.08. The molecule has 80 valence electrons. The van der Waals surface area contributed by atoms with Crippen molar-refractivity contribution < 1.29 is 22.4 Å². The quantitative estimate of drug-likeness (QED) is 0.485. The van der Waals surface area contributed by atoms with Crippen LogP contribution in [0.5, 0.6) is 0 Å². The highest BCUT2D eigenvalue weighted by Crippen LogP contribution is 2.36. The van der Waals surface area contributed by atoms with Crippen molar-refractivity contribution in [1.82, 2.24) is 0 Å². The summed E-state index contributed by atoms with van der Waals surface area (Å²) in [5.74, 6) is -0.843. The lowest BCUT2D eigenvalue weighted by molar-refractivity contribution is -0.137. The normalized spacial score (nSPS) is 15.7. The number of carbonyl (C=O) groups excluding carboxylic acids is 1. The summed E-state index contributed by atoms with van der Waals surface area (Å²) in [6.07, 6.45) is -4.72. The monoisotopic (exact) mass is 219 g/mol. The number of amides is 1. The Morgan fingerprint density at radius 2 is 1.93 bits per heavy atom. The van der Waals surface area contributed by atoms with E-state index in [1.165, 1.54) is 0 Å². The second kappa shape index (κ2) is 2.95. The van der Waals surface area contributed by atoms with E-state index in [0.29, 0.717) is 6.07 Å². The second-order valence-electron chi connectivity index (χ2n) is 3.19. The molecule has 1 aliphatic heterocycles. The van der Waals surface area contributed by atoms with Crippen LogP contribution in [0.1, 0.15) is 11.1 Å². The zero-order valence-electron chi connectivity index (χ0n) is 7.31. The van der Waals surface area contributed by atoms with Crippen LogP contribution in [0.3, 0.4) is 0 Å². The van der Waals surface area contributed by atoms with Crippen LogP contribution >= 0.6 is 0 Å². The highest BCUT2D eigenvalue weighted by atomic mass is 19.4. The maximum Gasteiger partial charge on any atom is 0.416 e. The molecule has 6 heteroatoms. The molecule has 1 aromatic rings. The molecular weight excluding hydrogens is 214 g/mol. The molecule has 0 saturated carbocycles. The van der Waals surface area contributed by atoms with Gasteiger partial charge in [0.05, 0.1) is 17.7 Å². The first kappa shape index (κ1) is 9.95. The fourth-order valence-electron chi connectivity index (χ4n) is 1.44. The number of alkyl halides is 3. The Morgan fingerprint density at radius 1 is 1.27 bits per heavy atom. The molecule has 0 fully saturated rings. The summed E-state index contributed by atoms with van der Waals surface area (Å²) < 4.78 is 49.8. The molecule has 0 atom stereocenters. The van der Waals surface area contributed by atoms with Gasteiger partial charge in [-0.25, -0.2) is 0 Å². The number of fused-ring (bicyclic) bond motifs is 1. The zero-order valence-corrected chi connectivity index (χ0v) is 7.31. The van der Waals surface area contributed by atoms with Gasteiger partial charge in [-0.15, -0.1) is 5.12 Å². The SMILES string of the molecule is O=C1Cc2ccc(C(F)(F)F)cc2N1F. The van der Waals surface area contributed by atoms with Crippen LogP contribution in [-0.4, -0.2) is 5.91 Å². The summed E-state index contributed by atoms with van der Waals surface area (Å²) in [6.45, 7) is 0. The number of benzene rings is 1. The van der Waals surface area contributed by atoms with Gasteiger partial charge in [0.1, 0.15) is 0 Å². The first-order valence-corrected chi connectivity index (χ1v) is 4.08. The molecular formula is C9H5F4NO. The van der Waals surface area contributed by atoms with E-state index >= 15 is 0 Å². The Hall–Kier alpha value is -1.59. The molecule has 0 aliphatic carbocycles. The molecule has 0 saturated heterocycles. The predicted molar refractivity (Wildman–Crippen MR) is 43.7 cm³/mol. The maximum absolute atomic E-state index is 13.0. The summed E-state index contributed by atoms with van der Waals surface area (Å²) in [7, 11) is 0. The molecule has 0 spiro atoms. The highest BCUT2D eigenvalue weighted by molar-refractivity contribution is 5.99. The van der Waals surface area contributed by atoms with Crippen molar-refractivity contribution >= 4 is 11.6 Å². The average molecular weight is 219 g/mol. The van der Waals surface area contributed by atoms with Gasteiger partial charge in [-0.3, -0.25) is 4.79 Å². The van der Waals surface area contributed by atoms with Crippen molar-refractivity contribution in [3.63, 3.8) is 0 Å². The zero-order chi connectivity index (χ0) is 11.2. The van der Waals surface area contributed by atoms with Gasteiger partial charge in [-0.05, 0) is 17.7 Å². The van der Waals surface area contributed by atoms with Crippen molar-refractivity contribution in [2.45, 2.75) is 12.6 Å². The average Bonchev–Trinajstić information content (AvgIpc) is 2.41. The molecule has 0 aromatic heterocycles. The Balaban J connectivity index is 2.49. The summed E-state index contributed by atoms with van der Waals surface area (Å²) in [4.78, 5) is 10.9. The van der Waals surface area contributed by atoms with Gasteiger partial charge in [-0.2, -0.15) is 13.2 Å². The van der Waals surface area contributed by atoms with Crippen LogP contribution in [0.2, 0.25) is 0 Å². The number of nitrogens with zero attached hydrogens (tertiary/aromatic N) is 1. The lowest BCUT2D eigenvalue weighted by Crippen LogP contribution is -2.16. The topological polar surface area (TPSA) is 20.3 Å². The standard InChI is InChI=1S/C9H5F4NO/c10-9(11,12)6-2-1-5-3-8(15)14(13)7(5)4-6/h1-2,4H,3H2. The van der Waals surface area contributed by atoms with Gasteiger partial charge in [0.2, 0.25) is 0 Å². The Morgan fingerprint density at radius 3 is 2.53 bits per heavy atom. The predicted octanol–water partition coefficient (Wildman–Crippen LogP) is 2.48. The third kappa shape index (κ3) is 1.55. The number of halogens is 4. The summed E-state index contributed by atoms with van der Waals surface area (Å²) in [6, 6.07) is 2.60. The Labute approximate surface area is 82.0 Å². The summed E-state index contributed by atoms with van der Waals surface area (Å²) >= 11 is 0. The second-order valence-corrected chi connectivity index (χ2v) is 3.19. The van der Waals surface area contributed by atoms with Crippen LogP contribution in [0.4, 0.5) is 23.3 Å². The fourth-order valence-corrected chi connectivity index (χ4v) is 1.44. The molecule has 1 heterocycles. The number of hydrogen-bond donors (Lipinski definition) is 0. The first-order chi connectivity index (χ1) is 6.89. The fraction of sp³-hybridized carbons (Fsp3) is 0.222. The largest absolute Gasteiger partial charge is 0.416 e. The number of anilines is 1. The maximum atomic E-state index is 13.0. The van der Waals surface area contributed by atoms with Crippen molar-refractivity contribution in [3.8, 4) is 0 Å². The van der Waals surface area contributed by atoms with Gasteiger partial charge in [0, 0.05) is 0 Å². The molecule has 2 rings (SSSR count). The van der Waals surface area contributed by atoms with E-state index in [2.05, 4.69) is 0 Å². The third-order valence-electron chi connectivity index (χ3n) is 2.18. The lowest BCUT2D eigenvalue weighted by atomic mass is 10.1. The minimum Gasteiger partial charge on any atom is -0.272 e. The smallest absolute Gasteiger partial charge is 0.272 e. The molecule has 1 aromatic carbocycles. The highest BCUT2D eigenvalue weighted by Gasteiger charge is 2.34. The van der Waals surface area contributed by atoms with E-state index in [4.69, 9.17) is 0 Å². The van der Waals surface area contributed by atoms with E-state index in [1.54, 1.807) is 0 Å².